The van der Waals surface area contributed by atoms with Gasteiger partial charge >= 0.3 is 0 Å². The van der Waals surface area contributed by atoms with Gasteiger partial charge in [0, 0.05) is 30.4 Å². The molecule has 0 unspecified atom stereocenters. The second-order valence-electron chi connectivity index (χ2n) is 7.70. The molecule has 2 aromatic carbocycles. The van der Waals surface area contributed by atoms with E-state index in [4.69, 9.17) is 4.98 Å². The maximum atomic E-state index is 15.0. The van der Waals surface area contributed by atoms with Crippen LogP contribution in [-0.2, 0) is 7.05 Å². The zero-order valence-corrected chi connectivity index (χ0v) is 17.8. The van der Waals surface area contributed by atoms with Crippen LogP contribution in [0.2, 0.25) is 0 Å². The van der Waals surface area contributed by atoms with Gasteiger partial charge in [0.1, 0.15) is 23.5 Å². The summed E-state index contributed by atoms with van der Waals surface area (Å²) in [6.45, 7) is 3.77. The van der Waals surface area contributed by atoms with Crippen LogP contribution in [0.5, 0.6) is 0 Å². The number of imidazole rings is 1. The number of halogens is 2. The van der Waals surface area contributed by atoms with Crippen molar-refractivity contribution in [1.82, 2.24) is 29.5 Å². The second kappa shape index (κ2) is 7.64. The Morgan fingerprint density at radius 1 is 0.969 bits per heavy atom. The van der Waals surface area contributed by atoms with Crippen molar-refractivity contribution in [2.24, 2.45) is 7.05 Å². The van der Waals surface area contributed by atoms with Crippen molar-refractivity contribution >= 4 is 11.0 Å². The maximum absolute atomic E-state index is 15.0. The van der Waals surface area contributed by atoms with Crippen LogP contribution in [-0.4, -0.2) is 29.5 Å². The quantitative estimate of drug-likeness (QED) is 0.413. The molecule has 0 aliphatic rings. The van der Waals surface area contributed by atoms with Gasteiger partial charge in [-0.25, -0.2) is 18.4 Å². The SMILES string of the molecule is Cc1nnn(C)c1-c1ccc2nc(C)n([C@H](c3ccccn3)c3ccc(F)cc3F)c2c1. The van der Waals surface area contributed by atoms with Gasteiger partial charge in [-0.05, 0) is 44.2 Å². The first kappa shape index (κ1) is 20.0. The molecule has 0 spiro atoms. The van der Waals surface area contributed by atoms with E-state index in [1.165, 1.54) is 12.1 Å². The topological polar surface area (TPSA) is 61.4 Å². The Labute approximate surface area is 183 Å². The van der Waals surface area contributed by atoms with Gasteiger partial charge in [-0.2, -0.15) is 0 Å². The zero-order chi connectivity index (χ0) is 22.4. The van der Waals surface area contributed by atoms with E-state index in [1.807, 2.05) is 55.8 Å². The van der Waals surface area contributed by atoms with Gasteiger partial charge in [-0.15, -0.1) is 5.10 Å². The molecule has 0 radical (unpaired) electrons. The lowest BCUT2D eigenvalue weighted by Crippen LogP contribution is -2.17. The van der Waals surface area contributed by atoms with Crippen molar-refractivity contribution in [3.8, 4) is 11.3 Å². The monoisotopic (exact) mass is 430 g/mol. The van der Waals surface area contributed by atoms with Gasteiger partial charge in [0.15, 0.2) is 0 Å². The molecule has 0 saturated carbocycles. The molecule has 3 heterocycles. The summed E-state index contributed by atoms with van der Waals surface area (Å²) < 4.78 is 32.3. The highest BCUT2D eigenvalue weighted by molar-refractivity contribution is 5.83. The third-order valence-corrected chi connectivity index (χ3v) is 5.62. The predicted molar refractivity (Wildman–Crippen MR) is 117 cm³/mol. The Bertz CT molecular complexity index is 1420. The van der Waals surface area contributed by atoms with Crippen LogP contribution in [0.3, 0.4) is 0 Å². The molecule has 0 amide bonds. The maximum Gasteiger partial charge on any atom is 0.131 e. The average molecular weight is 430 g/mol. The van der Waals surface area contributed by atoms with Gasteiger partial charge in [-0.1, -0.05) is 23.4 Å². The number of aromatic nitrogens is 6. The smallest absolute Gasteiger partial charge is 0.131 e. The minimum atomic E-state index is -0.635. The highest BCUT2D eigenvalue weighted by atomic mass is 19.1. The van der Waals surface area contributed by atoms with Gasteiger partial charge in [-0.3, -0.25) is 4.98 Å². The van der Waals surface area contributed by atoms with Crippen LogP contribution in [0.15, 0.2) is 60.8 Å². The fourth-order valence-electron chi connectivity index (χ4n) is 4.23. The molecule has 8 heteroatoms. The van der Waals surface area contributed by atoms with E-state index in [-0.39, 0.29) is 0 Å². The molecule has 0 fully saturated rings. The number of pyridine rings is 1. The third kappa shape index (κ3) is 3.24. The average Bonchev–Trinajstić information content (AvgIpc) is 3.28. The molecule has 6 nitrogen and oxygen atoms in total. The summed E-state index contributed by atoms with van der Waals surface area (Å²) in [7, 11) is 1.84. The summed E-state index contributed by atoms with van der Waals surface area (Å²) in [6.07, 6.45) is 1.66. The van der Waals surface area contributed by atoms with Crippen LogP contribution in [0, 0.1) is 25.5 Å². The Morgan fingerprint density at radius 3 is 2.50 bits per heavy atom. The van der Waals surface area contributed by atoms with E-state index in [9.17, 15) is 8.78 Å². The summed E-state index contributed by atoms with van der Waals surface area (Å²) in [4.78, 5) is 9.19. The second-order valence-corrected chi connectivity index (χ2v) is 7.70. The minimum absolute atomic E-state index is 0.316. The minimum Gasteiger partial charge on any atom is -0.315 e. The first-order valence-electron chi connectivity index (χ1n) is 10.1. The molecular weight excluding hydrogens is 410 g/mol. The van der Waals surface area contributed by atoms with Crippen LogP contribution >= 0.6 is 0 Å². The molecule has 0 aliphatic heterocycles. The Morgan fingerprint density at radius 2 is 1.81 bits per heavy atom. The standard InChI is InChI=1S/C24H20F2N6/c1-14-23(31(3)30-29-14)16-7-10-20-22(12-16)32(15(2)28-20)24(21-6-4-5-11-27-21)18-9-8-17(25)13-19(18)26/h4-13,24H,1-3H3/t24-/m0/s1. The van der Waals surface area contributed by atoms with Crippen LogP contribution < -0.4 is 0 Å². The number of hydrogen-bond acceptors (Lipinski definition) is 4. The molecule has 5 rings (SSSR count). The van der Waals surface area contributed by atoms with Gasteiger partial charge < -0.3 is 4.57 Å². The lowest BCUT2D eigenvalue weighted by Gasteiger charge is -2.22. The van der Waals surface area contributed by atoms with Crippen molar-refractivity contribution in [2.75, 3.05) is 0 Å². The summed E-state index contributed by atoms with van der Waals surface area (Å²) >= 11 is 0. The number of benzene rings is 2. The normalized spacial score (nSPS) is 12.4. The molecule has 1 atom stereocenters. The van der Waals surface area contributed by atoms with E-state index in [1.54, 1.807) is 16.9 Å². The fraction of sp³-hybridized carbons (Fsp3) is 0.167. The highest BCUT2D eigenvalue weighted by Crippen LogP contribution is 2.34. The third-order valence-electron chi connectivity index (χ3n) is 5.62. The number of rotatable bonds is 4. The van der Waals surface area contributed by atoms with Gasteiger partial charge in [0.2, 0.25) is 0 Å². The lowest BCUT2D eigenvalue weighted by atomic mass is 10.0. The molecular formula is C24H20F2N6. The first-order chi connectivity index (χ1) is 15.4. The van der Waals surface area contributed by atoms with E-state index in [0.29, 0.717) is 17.1 Å². The van der Waals surface area contributed by atoms with Crippen molar-refractivity contribution in [1.29, 1.82) is 0 Å². The number of fused-ring (bicyclic) bond motifs is 1. The van der Waals surface area contributed by atoms with E-state index >= 15 is 0 Å². The molecule has 0 bridgehead atoms. The van der Waals surface area contributed by atoms with E-state index in [0.717, 1.165) is 34.1 Å². The van der Waals surface area contributed by atoms with Crippen LogP contribution in [0.25, 0.3) is 22.3 Å². The zero-order valence-electron chi connectivity index (χ0n) is 17.8. The molecule has 0 N–H and O–H groups in total. The van der Waals surface area contributed by atoms with Crippen molar-refractivity contribution in [3.63, 3.8) is 0 Å². The number of aryl methyl sites for hydroxylation is 3. The van der Waals surface area contributed by atoms with E-state index < -0.39 is 17.7 Å². The van der Waals surface area contributed by atoms with Crippen molar-refractivity contribution in [3.05, 3.63) is 95.2 Å². The van der Waals surface area contributed by atoms with Gasteiger partial charge in [0.05, 0.1) is 28.1 Å². The van der Waals surface area contributed by atoms with Crippen LogP contribution in [0.1, 0.15) is 28.8 Å². The summed E-state index contributed by atoms with van der Waals surface area (Å²) in [5.74, 6) is -0.569. The molecule has 32 heavy (non-hydrogen) atoms. The lowest BCUT2D eigenvalue weighted by molar-refractivity contribution is 0.546. The number of nitrogens with zero attached hydrogens (tertiary/aromatic N) is 6. The molecule has 160 valence electrons. The summed E-state index contributed by atoms with van der Waals surface area (Å²) in [5, 5.41) is 8.25. The molecule has 0 saturated heterocycles. The largest absolute Gasteiger partial charge is 0.315 e. The number of hydrogen-bond donors (Lipinski definition) is 0. The van der Waals surface area contributed by atoms with Gasteiger partial charge in [0.25, 0.3) is 0 Å². The van der Waals surface area contributed by atoms with Crippen molar-refractivity contribution in [2.45, 2.75) is 19.9 Å². The van der Waals surface area contributed by atoms with Crippen molar-refractivity contribution < 1.29 is 8.78 Å². The Hall–Kier alpha value is -3.94. The Balaban J connectivity index is 1.79. The highest BCUT2D eigenvalue weighted by Gasteiger charge is 2.26. The Kier molecular flexibility index (Phi) is 4.77. The summed E-state index contributed by atoms with van der Waals surface area (Å²) in [6, 6.07) is 14.4. The summed E-state index contributed by atoms with van der Waals surface area (Å²) in [5.41, 5.74) is 5.13. The molecule has 3 aromatic heterocycles. The van der Waals surface area contributed by atoms with Crippen LogP contribution in [0.4, 0.5) is 8.78 Å². The molecule has 5 aromatic rings. The predicted octanol–water partition coefficient (Wildman–Crippen LogP) is 4.76. The first-order valence-corrected chi connectivity index (χ1v) is 10.1. The van der Waals surface area contributed by atoms with E-state index in [2.05, 4.69) is 15.3 Å². The molecule has 0 aliphatic carbocycles. The fourth-order valence-corrected chi connectivity index (χ4v) is 4.23.